The van der Waals surface area contributed by atoms with Gasteiger partial charge in [-0.3, -0.25) is 9.13 Å². The van der Waals surface area contributed by atoms with Crippen LogP contribution in [0.2, 0.25) is 0 Å². The SMILES string of the molecule is CC(C)(C)c1cc(-c2ccc3c(c2)c2cc(-c4cc(C(C)(C)C)cc(C(C)(C)C)c4)ccc2n3-c2scc(-c3ccccc3OCCCCOc3ccccc3-c3csc(-n4c5ccc(-c6cc(C(C)(C)C)cc(C(C)(C)C)c6)cc5c5cc(-c6cc(C(C)(C)C)cc(C(C)(C)C)c6)ccc54)c3O)c2O)cc(C(C)(C)C)c1. The van der Waals surface area contributed by atoms with Crippen molar-refractivity contribution in [2.24, 2.45) is 0 Å². The zero-order valence-electron chi connectivity index (χ0n) is 70.9. The lowest BCUT2D eigenvalue weighted by Gasteiger charge is -2.26. The predicted molar refractivity (Wildman–Crippen MR) is 483 cm³/mol. The fourth-order valence-electron chi connectivity index (χ4n) is 15.4. The summed E-state index contributed by atoms with van der Waals surface area (Å²) in [5, 5.41) is 35.7. The minimum Gasteiger partial charge on any atom is -0.504 e. The Kier molecular flexibility index (Phi) is 20.3. The van der Waals surface area contributed by atoms with Crippen LogP contribution >= 0.6 is 22.7 Å². The number of benzene rings is 10. The van der Waals surface area contributed by atoms with Gasteiger partial charge in [0.25, 0.3) is 0 Å². The minimum atomic E-state index is -0.0409. The second-order valence-electron chi connectivity index (χ2n) is 39.8. The average Bonchev–Trinajstić information content (AvgIpc) is 1.57. The number of unbranched alkanes of at least 4 members (excludes halogenated alkanes) is 1. The van der Waals surface area contributed by atoms with E-state index in [2.05, 4.69) is 332 Å². The van der Waals surface area contributed by atoms with Gasteiger partial charge in [0, 0.05) is 54.6 Å². The Morgan fingerprint density at radius 3 is 0.705 bits per heavy atom. The van der Waals surface area contributed by atoms with Gasteiger partial charge in [-0.2, -0.15) is 0 Å². The molecule has 0 saturated heterocycles. The van der Waals surface area contributed by atoms with E-state index in [1.54, 1.807) is 22.7 Å². The largest absolute Gasteiger partial charge is 0.504 e. The fraction of sp³-hybridized carbons (Fsp3) is 0.346. The van der Waals surface area contributed by atoms with Crippen molar-refractivity contribution in [3.8, 4) is 99.8 Å². The number of hydrogen-bond donors (Lipinski definition) is 2. The summed E-state index contributed by atoms with van der Waals surface area (Å²) in [4.78, 5) is 0. The predicted octanol–water partition coefficient (Wildman–Crippen LogP) is 30.0. The number of ether oxygens (including phenoxy) is 2. The first-order valence-electron chi connectivity index (χ1n) is 40.3. The number of hydrogen-bond acceptors (Lipinski definition) is 6. The molecule has 578 valence electrons. The Labute approximate surface area is 675 Å². The Balaban J connectivity index is 0.744. The molecule has 0 aliphatic heterocycles. The molecule has 0 fully saturated rings. The van der Waals surface area contributed by atoms with E-state index in [4.69, 9.17) is 9.47 Å². The maximum Gasteiger partial charge on any atom is 0.158 e. The molecule has 14 rings (SSSR count). The second kappa shape index (κ2) is 28.8. The molecule has 2 N–H and O–H groups in total. The Bertz CT molecular complexity index is 5180. The molecular formula is C104H116N2O4S2. The van der Waals surface area contributed by atoms with Crippen molar-refractivity contribution in [3.63, 3.8) is 0 Å². The summed E-state index contributed by atoms with van der Waals surface area (Å²) in [6.07, 6.45) is 1.45. The van der Waals surface area contributed by atoms with Gasteiger partial charge in [-0.1, -0.05) is 300 Å². The van der Waals surface area contributed by atoms with E-state index < -0.39 is 0 Å². The molecule has 4 aromatic heterocycles. The first-order valence-corrected chi connectivity index (χ1v) is 42.0. The maximum atomic E-state index is 12.8. The van der Waals surface area contributed by atoms with Gasteiger partial charge in [-0.25, -0.2) is 0 Å². The van der Waals surface area contributed by atoms with Gasteiger partial charge in [0.1, 0.15) is 21.5 Å². The van der Waals surface area contributed by atoms with Crippen LogP contribution in [0.3, 0.4) is 0 Å². The van der Waals surface area contributed by atoms with Crippen LogP contribution < -0.4 is 9.47 Å². The normalized spacial score (nSPS) is 13.0. The third kappa shape index (κ3) is 15.7. The maximum absolute atomic E-state index is 12.8. The molecule has 112 heavy (non-hydrogen) atoms. The van der Waals surface area contributed by atoms with Crippen LogP contribution in [-0.2, 0) is 43.3 Å². The highest BCUT2D eigenvalue weighted by Crippen LogP contribution is 2.51. The molecule has 0 bridgehead atoms. The van der Waals surface area contributed by atoms with E-state index in [-0.39, 0.29) is 54.8 Å². The van der Waals surface area contributed by atoms with Crippen LogP contribution in [0.15, 0.2) is 205 Å². The second-order valence-corrected chi connectivity index (χ2v) is 41.5. The van der Waals surface area contributed by atoms with Gasteiger partial charge in [0.05, 0.1) is 35.3 Å². The lowest BCUT2D eigenvalue weighted by molar-refractivity contribution is 0.267. The number of thiophene rings is 2. The number of rotatable bonds is 15. The Morgan fingerprint density at radius 2 is 0.482 bits per heavy atom. The molecule has 10 aromatic carbocycles. The lowest BCUT2D eigenvalue weighted by atomic mass is 9.78. The molecule has 0 aliphatic rings. The van der Waals surface area contributed by atoms with Crippen LogP contribution in [-0.4, -0.2) is 32.6 Å². The summed E-state index contributed by atoms with van der Waals surface area (Å²) in [6.45, 7) is 56.1. The van der Waals surface area contributed by atoms with Crippen molar-refractivity contribution in [2.75, 3.05) is 13.2 Å². The van der Waals surface area contributed by atoms with Crippen molar-refractivity contribution < 1.29 is 19.7 Å². The molecule has 0 aliphatic carbocycles. The van der Waals surface area contributed by atoms with E-state index >= 15 is 0 Å². The summed E-state index contributed by atoms with van der Waals surface area (Å²) in [6, 6.07) is 72.3. The van der Waals surface area contributed by atoms with Gasteiger partial charge in [0.2, 0.25) is 0 Å². The van der Waals surface area contributed by atoms with Crippen molar-refractivity contribution in [2.45, 2.75) is 222 Å². The van der Waals surface area contributed by atoms with Gasteiger partial charge >= 0.3 is 0 Å². The first-order chi connectivity index (χ1) is 52.4. The Morgan fingerprint density at radius 1 is 0.259 bits per heavy atom. The van der Waals surface area contributed by atoms with Crippen LogP contribution in [0, 0.1) is 0 Å². The summed E-state index contributed by atoms with van der Waals surface area (Å²) >= 11 is 3.10. The van der Waals surface area contributed by atoms with E-state index in [0.29, 0.717) is 24.7 Å². The van der Waals surface area contributed by atoms with Gasteiger partial charge in [-0.15, -0.1) is 22.7 Å². The van der Waals surface area contributed by atoms with E-state index in [1.165, 1.54) is 66.8 Å². The van der Waals surface area contributed by atoms with Crippen molar-refractivity contribution in [1.29, 1.82) is 0 Å². The van der Waals surface area contributed by atoms with E-state index in [0.717, 1.165) is 111 Å². The van der Waals surface area contributed by atoms with Crippen LogP contribution in [0.4, 0.5) is 0 Å². The van der Waals surface area contributed by atoms with Gasteiger partial charge in [-0.05, 0) is 206 Å². The number of fused-ring (bicyclic) bond motifs is 6. The minimum absolute atomic E-state index is 0.0409. The highest BCUT2D eigenvalue weighted by Gasteiger charge is 2.30. The smallest absolute Gasteiger partial charge is 0.158 e. The van der Waals surface area contributed by atoms with E-state index in [9.17, 15) is 10.2 Å². The summed E-state index contributed by atoms with van der Waals surface area (Å²) in [5.74, 6) is 1.84. The third-order valence-corrected chi connectivity index (χ3v) is 24.7. The molecule has 4 heterocycles. The number of nitrogens with zero attached hydrogens (tertiary/aromatic N) is 2. The van der Waals surface area contributed by atoms with Crippen molar-refractivity contribution in [1.82, 2.24) is 9.13 Å². The highest BCUT2D eigenvalue weighted by atomic mass is 32.1. The number of aromatic nitrogens is 2. The molecule has 8 heteroatoms. The molecule has 0 spiro atoms. The number of aromatic hydroxyl groups is 2. The van der Waals surface area contributed by atoms with E-state index in [1.807, 2.05) is 48.5 Å². The van der Waals surface area contributed by atoms with Crippen LogP contribution in [0.1, 0.15) is 224 Å². The standard InChI is InChI=1S/C104H116N2O4S2/c1-97(2,3)71-45-67(46-72(57-71)98(4,5)6)63-35-39-87-81(53-63)82-54-64(68-47-73(99(7,8)9)58-74(48-68)100(10,11)12)36-40-88(82)105(87)95-93(107)85(61-111-95)79-31-25-27-33-91(79)109-43-29-30-44-110-92-34-28-26-32-80(92)86-62-112-96(94(86)108)106-89-41-37-65(69-49-75(101(13,14)15)59-76(50-69)102(16,17)18)55-83(89)84-56-66(38-42-90(84)106)70-51-77(103(19,20)21)60-78(52-70)104(22,23)24/h25-28,31-42,45-62,107-108H,29-30,43-44H2,1-24H3. The molecule has 14 aromatic rings. The summed E-state index contributed by atoms with van der Waals surface area (Å²) in [5.41, 5.74) is 26.8. The lowest BCUT2D eigenvalue weighted by Crippen LogP contribution is -2.16. The molecule has 0 unspecified atom stereocenters. The zero-order chi connectivity index (χ0) is 80.5. The van der Waals surface area contributed by atoms with Crippen LogP contribution in [0.25, 0.3) is 120 Å². The zero-order valence-corrected chi connectivity index (χ0v) is 72.5. The van der Waals surface area contributed by atoms with Gasteiger partial charge < -0.3 is 19.7 Å². The highest BCUT2D eigenvalue weighted by molar-refractivity contribution is 7.14. The molecule has 6 nitrogen and oxygen atoms in total. The number of para-hydroxylation sites is 2. The molecular weight excluding hydrogens is 1410 g/mol. The molecule has 0 saturated carbocycles. The monoisotopic (exact) mass is 1520 g/mol. The van der Waals surface area contributed by atoms with Crippen molar-refractivity contribution >= 4 is 66.3 Å². The quantitative estimate of drug-likeness (QED) is 0.100. The van der Waals surface area contributed by atoms with Crippen LogP contribution in [0.5, 0.6) is 23.0 Å². The summed E-state index contributed by atoms with van der Waals surface area (Å²) in [7, 11) is 0. The summed E-state index contributed by atoms with van der Waals surface area (Å²) < 4.78 is 17.9. The average molecular weight is 1520 g/mol. The topological polar surface area (TPSA) is 68.8 Å². The third-order valence-electron chi connectivity index (χ3n) is 22.8. The Hall–Kier alpha value is -9.60. The first kappa shape index (κ1) is 79.1. The fourth-order valence-corrected chi connectivity index (χ4v) is 17.4. The van der Waals surface area contributed by atoms with Gasteiger partial charge in [0.15, 0.2) is 11.5 Å². The van der Waals surface area contributed by atoms with Crippen molar-refractivity contribution in [3.05, 3.63) is 249 Å². The molecule has 0 atom stereocenters. The molecule has 0 amide bonds. The molecule has 0 radical (unpaired) electrons.